The lowest BCUT2D eigenvalue weighted by atomic mass is 10.0. The molecule has 8 aliphatic heterocycles. The van der Waals surface area contributed by atoms with Gasteiger partial charge in [-0.3, -0.25) is 19.2 Å². The van der Waals surface area contributed by atoms with E-state index in [1.54, 1.807) is 72.3 Å². The molecule has 12 aromatic rings. The summed E-state index contributed by atoms with van der Waals surface area (Å²) in [6, 6.07) is 38.8. The van der Waals surface area contributed by atoms with Crippen LogP contribution in [0.1, 0.15) is 5.56 Å². The summed E-state index contributed by atoms with van der Waals surface area (Å²) in [6.07, 6.45) is 5.37. The average molecular weight is 1730 g/mol. The number of hydrogen-bond donors (Lipinski definition) is 0. The zero-order chi connectivity index (χ0) is 83.0. The van der Waals surface area contributed by atoms with Crippen molar-refractivity contribution in [2.75, 3.05) is 177 Å². The molecule has 39 nitrogen and oxygen atoms in total. The van der Waals surface area contributed by atoms with Crippen molar-refractivity contribution in [3.8, 4) is 0 Å². The van der Waals surface area contributed by atoms with Crippen LogP contribution in [0.15, 0.2) is 196 Å². The minimum absolute atomic E-state index is 0.00318. The van der Waals surface area contributed by atoms with Crippen molar-refractivity contribution in [1.82, 2.24) is 93.0 Å². The molecule has 8 aliphatic rings. The molecule has 5 aromatic carbocycles. The number of thiazole rings is 1. The summed E-state index contributed by atoms with van der Waals surface area (Å²) in [5.41, 5.74) is 4.64. The van der Waals surface area contributed by atoms with Crippen LogP contribution in [0, 0.1) is 30.6 Å². The summed E-state index contributed by atoms with van der Waals surface area (Å²) in [4.78, 5) is 80.7. The van der Waals surface area contributed by atoms with Crippen LogP contribution in [0.25, 0.3) is 44.1 Å². The van der Waals surface area contributed by atoms with Crippen LogP contribution in [0.4, 0.5) is 22.5 Å². The Labute approximate surface area is 691 Å². The van der Waals surface area contributed by atoms with Gasteiger partial charge in [0.25, 0.3) is 0 Å². The van der Waals surface area contributed by atoms with Crippen molar-refractivity contribution in [3.05, 3.63) is 163 Å². The summed E-state index contributed by atoms with van der Waals surface area (Å²) in [7, 11) is -15.0. The molecular weight excluding hydrogens is 1650 g/mol. The SMILES string of the molecule is Cc1ccc(N2CCN(C(=O)C3CN(S(=O)(=O)c4cccc5nonc45)C3)CC2)nc1.O=C(C1CN(S(=O)(=O)c2cccc3nonc23)C1)N1CCN(c2ccccc2)CC1.O=C(C1CN(S(=O)(=O)c2cccc3nonc23)C1)N1CCN(c2ccccn2)CC1.O=C(C1CN(S(=O)(=O)c2cccc3nonc23)C1)N1CCN(c2nccs2)CC1. The van der Waals surface area contributed by atoms with Gasteiger partial charge in [-0.1, -0.05) is 54.6 Å². The van der Waals surface area contributed by atoms with Gasteiger partial charge in [0.05, 0.1) is 23.7 Å². The molecule has 0 radical (unpaired) electrons. The fraction of sp³-hybridized carbons (Fsp3) is 0.382. The van der Waals surface area contributed by atoms with Crippen molar-refractivity contribution >= 4 is 142 Å². The van der Waals surface area contributed by atoms with E-state index in [-0.39, 0.29) is 141 Å². The van der Waals surface area contributed by atoms with Crippen LogP contribution in [0.3, 0.4) is 0 Å². The average Bonchev–Trinajstić information content (AvgIpc) is 1.39. The Morgan fingerprint density at radius 1 is 0.325 bits per heavy atom. The van der Waals surface area contributed by atoms with Crippen molar-refractivity contribution in [1.29, 1.82) is 0 Å². The quantitative estimate of drug-likeness (QED) is 0.134. The third-order valence-corrected chi connectivity index (χ3v) is 30.9. The van der Waals surface area contributed by atoms with E-state index in [1.165, 1.54) is 41.5 Å². The Morgan fingerprint density at radius 3 is 0.958 bits per heavy atom. The molecule has 0 unspecified atom stereocenters. The monoisotopic (exact) mass is 1730 g/mol. The maximum Gasteiger partial charge on any atom is 0.245 e. The van der Waals surface area contributed by atoms with Crippen LogP contribution in [-0.4, -0.2) is 307 Å². The molecule has 0 spiro atoms. The van der Waals surface area contributed by atoms with Gasteiger partial charge in [-0.25, -0.2) is 67.1 Å². The number of amides is 4. The van der Waals surface area contributed by atoms with E-state index in [1.807, 2.05) is 86.6 Å². The fourth-order valence-corrected chi connectivity index (χ4v) is 22.9. The molecule has 8 saturated heterocycles. The Hall–Kier alpha value is -11.7. The predicted molar refractivity (Wildman–Crippen MR) is 433 cm³/mol. The van der Waals surface area contributed by atoms with Gasteiger partial charge in [-0.15, -0.1) is 11.3 Å². The zero-order valence-corrected chi connectivity index (χ0v) is 68.7. The molecule has 7 aromatic heterocycles. The molecule has 0 aliphatic carbocycles. The van der Waals surface area contributed by atoms with Crippen LogP contribution in [0.2, 0.25) is 0 Å². The van der Waals surface area contributed by atoms with E-state index in [4.69, 9.17) is 0 Å². The largest absolute Gasteiger partial charge is 0.368 e. The van der Waals surface area contributed by atoms with E-state index >= 15 is 0 Å². The minimum Gasteiger partial charge on any atom is -0.368 e. The topological polar surface area (TPSA) is 438 Å². The highest BCUT2D eigenvalue weighted by Gasteiger charge is 2.48. The lowest BCUT2D eigenvalue weighted by molar-refractivity contribution is -0.140. The molecule has 20 rings (SSSR count). The summed E-state index contributed by atoms with van der Waals surface area (Å²) >= 11 is 1.59. The van der Waals surface area contributed by atoms with Crippen molar-refractivity contribution in [3.63, 3.8) is 0 Å². The first kappa shape index (κ1) is 80.7. The second-order valence-corrected chi connectivity index (χ2v) is 38.4. The van der Waals surface area contributed by atoms with Gasteiger partial charge >= 0.3 is 0 Å². The standard InChI is InChI=1S/C20H22N6O4S.C20H21N5O4S.C19H20N6O4S.C17H18N6O4S2/c1-14-5-6-18(21-11-14)24-7-9-25(10-8-24)20(27)15-12-26(13-15)31(28,29)17-4-2-3-16-19(17)23-30-22-16;26-20(24-11-9-23(10-12-24)16-5-2-1-3-6-16)15-13-25(14-15)30(27,28)18-8-4-7-17-19(18)22-29-21-17;26-19(24-10-8-23(9-11-24)17-6-1-2-7-20-17)14-12-25(13-14)30(27,28)16-5-3-4-15-18(16)22-29-21-15;24-16(21-5-7-22(8-6-21)17-18-4-9-28-17)12-10-23(11-12)29(25,26)14-3-1-2-13-15(14)20-27-19-13/h2-6,11,15H,7-10,12-13H2,1H3;1-8,15H,9-14H2;1-7,14H,8-13H2;1-4,9,12H,5-8,10-11H2. The van der Waals surface area contributed by atoms with Crippen LogP contribution < -0.4 is 19.6 Å². The summed E-state index contributed by atoms with van der Waals surface area (Å²) in [5, 5.41) is 32.5. The molecule has 44 heteroatoms. The van der Waals surface area contributed by atoms with Gasteiger partial charge in [-0.05, 0) is 133 Å². The van der Waals surface area contributed by atoms with Gasteiger partial charge in [0.1, 0.15) is 53.3 Å². The smallest absolute Gasteiger partial charge is 0.245 e. The van der Waals surface area contributed by atoms with E-state index in [0.29, 0.717) is 101 Å². The van der Waals surface area contributed by atoms with Gasteiger partial charge in [-0.2, -0.15) is 17.2 Å². The molecule has 626 valence electrons. The molecule has 0 atom stereocenters. The normalized spacial score (nSPS) is 18.6. The lowest BCUT2D eigenvalue weighted by Gasteiger charge is -2.42. The van der Waals surface area contributed by atoms with E-state index in [9.17, 15) is 52.8 Å². The fourth-order valence-electron chi connectivity index (χ4n) is 15.5. The molecule has 8 fully saturated rings. The first-order valence-electron chi connectivity index (χ1n) is 38.8. The van der Waals surface area contributed by atoms with Crippen LogP contribution in [0.5, 0.6) is 0 Å². The second kappa shape index (κ2) is 33.9. The highest BCUT2D eigenvalue weighted by atomic mass is 32.2. The lowest BCUT2D eigenvalue weighted by Crippen LogP contribution is -2.59. The molecule has 15 heterocycles. The number of fused-ring (bicyclic) bond motifs is 4. The molecule has 0 bridgehead atoms. The third kappa shape index (κ3) is 16.3. The summed E-state index contributed by atoms with van der Waals surface area (Å²) in [6.45, 7) is 14.1. The molecular formula is C76H81N23O16S5. The Balaban J connectivity index is 0.000000114. The van der Waals surface area contributed by atoms with E-state index in [2.05, 4.69) is 106 Å². The maximum absolute atomic E-state index is 13.0. The first-order chi connectivity index (χ1) is 58.0. The third-order valence-electron chi connectivity index (χ3n) is 22.6. The number of sulfonamides is 4. The number of aromatic nitrogens is 11. The number of rotatable bonds is 16. The van der Waals surface area contributed by atoms with Crippen molar-refractivity contribution in [2.24, 2.45) is 23.7 Å². The molecule has 4 amide bonds. The van der Waals surface area contributed by atoms with E-state index < -0.39 is 40.1 Å². The van der Waals surface area contributed by atoms with Crippen molar-refractivity contribution in [2.45, 2.75) is 26.5 Å². The van der Waals surface area contributed by atoms with E-state index in [0.717, 1.165) is 54.2 Å². The number of carbonyl (C=O) groups is 4. The first-order valence-corrected chi connectivity index (χ1v) is 45.5. The number of nitrogens with zero attached hydrogens (tertiary/aromatic N) is 23. The Kier molecular flexibility index (Phi) is 22.8. The minimum atomic E-state index is -3.76. The molecule has 0 saturated carbocycles. The number of hydrogen-bond acceptors (Lipinski definition) is 32. The summed E-state index contributed by atoms with van der Waals surface area (Å²) < 4.78 is 127. The van der Waals surface area contributed by atoms with Gasteiger partial charge < -0.3 is 39.2 Å². The molecule has 120 heavy (non-hydrogen) atoms. The van der Waals surface area contributed by atoms with Crippen LogP contribution >= 0.6 is 11.3 Å². The number of pyridine rings is 2. The number of para-hydroxylation sites is 1. The Bertz CT molecular complexity index is 5990. The predicted octanol–water partition coefficient (Wildman–Crippen LogP) is 3.32. The maximum atomic E-state index is 13.0. The summed E-state index contributed by atoms with van der Waals surface area (Å²) in [5.74, 6) is 0.588. The molecule has 0 N–H and O–H groups in total. The van der Waals surface area contributed by atoms with Crippen molar-refractivity contribution < 1.29 is 71.4 Å². The number of carbonyl (C=O) groups excluding carboxylic acids is 4. The second-order valence-electron chi connectivity index (χ2n) is 29.9. The van der Waals surface area contributed by atoms with Gasteiger partial charge in [0, 0.05) is 187 Å². The highest BCUT2D eigenvalue weighted by molar-refractivity contribution is 7.90. The Morgan fingerprint density at radius 2 is 0.650 bits per heavy atom. The number of piperazine rings is 4. The van der Waals surface area contributed by atoms with Crippen LogP contribution in [-0.2, 0) is 59.3 Å². The zero-order valence-electron chi connectivity index (χ0n) is 64.7. The number of aryl methyl sites for hydroxylation is 1. The highest BCUT2D eigenvalue weighted by Crippen LogP contribution is 2.36. The number of benzene rings is 5. The number of anilines is 4. The van der Waals surface area contributed by atoms with Gasteiger partial charge in [0.2, 0.25) is 63.7 Å². The van der Waals surface area contributed by atoms with Gasteiger partial charge in [0.15, 0.2) is 27.2 Å².